The molecule has 1 aliphatic rings. The van der Waals surface area contributed by atoms with Crippen molar-refractivity contribution in [3.05, 3.63) is 59.9 Å². The number of aromatic nitrogens is 3. The number of amides is 2. The monoisotopic (exact) mass is 389 g/mol. The number of nitrogens with one attached hydrogen (secondary N) is 1. The predicted octanol–water partition coefficient (Wildman–Crippen LogP) is 4.14. The second kappa shape index (κ2) is 6.10. The molecular formula is C19H11N5O3S. The Morgan fingerprint density at radius 1 is 1.04 bits per heavy atom. The molecule has 9 heteroatoms. The van der Waals surface area contributed by atoms with Gasteiger partial charge in [0.05, 0.1) is 33.8 Å². The smallest absolute Gasteiger partial charge is 0.348 e. The van der Waals surface area contributed by atoms with Gasteiger partial charge >= 0.3 is 12.0 Å². The predicted molar refractivity (Wildman–Crippen MR) is 105 cm³/mol. The number of rotatable bonds is 3. The van der Waals surface area contributed by atoms with Gasteiger partial charge in [-0.05, 0) is 30.3 Å². The molecule has 4 aromatic heterocycles. The highest BCUT2D eigenvalue weighted by molar-refractivity contribution is 7.21. The van der Waals surface area contributed by atoms with Crippen molar-refractivity contribution in [2.24, 2.45) is 0 Å². The van der Waals surface area contributed by atoms with Gasteiger partial charge in [-0.15, -0.1) is 11.3 Å². The normalized spacial score (nSPS) is 12.9. The van der Waals surface area contributed by atoms with Crippen LogP contribution in [0.25, 0.3) is 21.6 Å². The van der Waals surface area contributed by atoms with Gasteiger partial charge < -0.3 is 10.4 Å². The second-order valence-corrected chi connectivity index (χ2v) is 7.00. The van der Waals surface area contributed by atoms with E-state index in [0.29, 0.717) is 33.0 Å². The summed E-state index contributed by atoms with van der Waals surface area (Å²) >= 11 is 1.04. The zero-order chi connectivity index (χ0) is 19.3. The molecule has 0 radical (unpaired) electrons. The zero-order valence-electron chi connectivity index (χ0n) is 14.2. The summed E-state index contributed by atoms with van der Waals surface area (Å²) in [5, 5.41) is 12.8. The number of hydrogen-bond acceptors (Lipinski definition) is 6. The molecular weight excluding hydrogens is 378 g/mol. The number of carbonyl (C=O) groups is 2. The molecule has 136 valence electrons. The van der Waals surface area contributed by atoms with Crippen molar-refractivity contribution in [2.45, 2.75) is 0 Å². The van der Waals surface area contributed by atoms with Gasteiger partial charge in [0.15, 0.2) is 0 Å². The maximum absolute atomic E-state index is 12.9. The van der Waals surface area contributed by atoms with Crippen molar-refractivity contribution < 1.29 is 14.7 Å². The summed E-state index contributed by atoms with van der Waals surface area (Å²) in [6.45, 7) is 0. The molecule has 2 N–H and O–H groups in total. The first-order valence-electron chi connectivity index (χ1n) is 8.27. The number of urea groups is 1. The lowest BCUT2D eigenvalue weighted by atomic mass is 10.1. The molecule has 0 atom stereocenters. The second-order valence-electron chi connectivity index (χ2n) is 6.00. The molecule has 0 aromatic carbocycles. The van der Waals surface area contributed by atoms with Crippen molar-refractivity contribution in [2.75, 3.05) is 10.2 Å². The molecule has 0 fully saturated rings. The third kappa shape index (κ3) is 2.41. The summed E-state index contributed by atoms with van der Waals surface area (Å²) < 4.78 is 0. The van der Waals surface area contributed by atoms with Crippen LogP contribution in [-0.2, 0) is 0 Å². The largest absolute Gasteiger partial charge is 0.477 e. The van der Waals surface area contributed by atoms with Crippen LogP contribution in [0.5, 0.6) is 0 Å². The molecule has 8 nitrogen and oxygen atoms in total. The molecule has 2 amide bonds. The molecule has 0 bridgehead atoms. The van der Waals surface area contributed by atoms with Crippen LogP contribution < -0.4 is 10.2 Å². The van der Waals surface area contributed by atoms with E-state index in [0.717, 1.165) is 11.3 Å². The highest BCUT2D eigenvalue weighted by Gasteiger charge is 2.32. The van der Waals surface area contributed by atoms with E-state index in [2.05, 4.69) is 20.3 Å². The van der Waals surface area contributed by atoms with E-state index in [1.54, 1.807) is 36.8 Å². The summed E-state index contributed by atoms with van der Waals surface area (Å²) in [6, 6.07) is 10.3. The molecule has 4 aromatic rings. The molecule has 28 heavy (non-hydrogen) atoms. The number of nitrogens with zero attached hydrogens (tertiary/aromatic N) is 4. The third-order valence-corrected chi connectivity index (χ3v) is 5.45. The van der Waals surface area contributed by atoms with Gasteiger partial charge in [-0.2, -0.15) is 0 Å². The summed E-state index contributed by atoms with van der Waals surface area (Å²) in [6.07, 6.45) is 4.85. The van der Waals surface area contributed by atoms with E-state index >= 15 is 0 Å². The number of pyridine rings is 3. The Hall–Kier alpha value is -3.85. The van der Waals surface area contributed by atoms with Crippen LogP contribution >= 0.6 is 11.3 Å². The first kappa shape index (κ1) is 16.3. The lowest BCUT2D eigenvalue weighted by molar-refractivity contribution is 0.0703. The maximum atomic E-state index is 12.9. The Balaban J connectivity index is 1.70. The Morgan fingerprint density at radius 3 is 2.64 bits per heavy atom. The Morgan fingerprint density at radius 2 is 1.86 bits per heavy atom. The van der Waals surface area contributed by atoms with Crippen LogP contribution in [0.15, 0.2) is 55.0 Å². The number of carboxylic acids is 1. The van der Waals surface area contributed by atoms with Gasteiger partial charge in [0, 0.05) is 18.6 Å². The lowest BCUT2D eigenvalue weighted by Gasteiger charge is -2.28. The minimum absolute atomic E-state index is 0.0619. The molecule has 5 heterocycles. The van der Waals surface area contributed by atoms with Gasteiger partial charge in [-0.3, -0.25) is 14.9 Å². The summed E-state index contributed by atoms with van der Waals surface area (Å²) in [5.41, 5.74) is 2.76. The maximum Gasteiger partial charge on any atom is 0.348 e. The molecule has 0 unspecified atom stereocenters. The van der Waals surface area contributed by atoms with Crippen molar-refractivity contribution in [3.8, 4) is 11.4 Å². The average Bonchev–Trinajstić information content (AvgIpc) is 3.09. The molecule has 5 rings (SSSR count). The third-order valence-electron chi connectivity index (χ3n) is 4.37. The Kier molecular flexibility index (Phi) is 3.56. The van der Waals surface area contributed by atoms with Crippen LogP contribution in [0.1, 0.15) is 9.67 Å². The van der Waals surface area contributed by atoms with Crippen molar-refractivity contribution in [1.82, 2.24) is 15.0 Å². The fourth-order valence-electron chi connectivity index (χ4n) is 3.20. The standard InChI is InChI=1S/C19H11N5O3S/c25-18(26)16-15-14-13(5-8-22-17(14)28-16)24(19(27)23-15)10-4-7-21-12(9-10)11-3-1-2-6-20-11/h1-9H,(H,23,27)(H,25,26). The van der Waals surface area contributed by atoms with Crippen molar-refractivity contribution >= 4 is 50.6 Å². The molecule has 0 saturated heterocycles. The molecule has 0 saturated carbocycles. The van der Waals surface area contributed by atoms with E-state index < -0.39 is 12.0 Å². The van der Waals surface area contributed by atoms with E-state index in [9.17, 15) is 14.7 Å². The SMILES string of the molecule is O=C(O)c1sc2nccc3c2c1NC(=O)N3c1ccnc(-c2ccccn2)c1. The quantitative estimate of drug-likeness (QED) is 0.545. The molecule has 1 aliphatic heterocycles. The number of aromatic carboxylic acids is 1. The van der Waals surface area contributed by atoms with Gasteiger partial charge in [0.25, 0.3) is 0 Å². The summed E-state index contributed by atoms with van der Waals surface area (Å²) in [4.78, 5) is 39.4. The van der Waals surface area contributed by atoms with Crippen LogP contribution in [0.2, 0.25) is 0 Å². The Bertz CT molecular complexity index is 1260. The Labute approximate surface area is 162 Å². The first-order valence-corrected chi connectivity index (χ1v) is 9.08. The number of thiophene rings is 1. The summed E-state index contributed by atoms with van der Waals surface area (Å²) in [5.74, 6) is -1.10. The lowest BCUT2D eigenvalue weighted by Crippen LogP contribution is -2.34. The minimum atomic E-state index is -1.10. The van der Waals surface area contributed by atoms with Gasteiger partial charge in [-0.25, -0.2) is 14.6 Å². The van der Waals surface area contributed by atoms with E-state index in [4.69, 9.17) is 0 Å². The fraction of sp³-hybridized carbons (Fsp3) is 0. The van der Waals surface area contributed by atoms with Gasteiger partial charge in [0.2, 0.25) is 0 Å². The van der Waals surface area contributed by atoms with E-state index in [-0.39, 0.29) is 10.6 Å². The number of anilines is 3. The number of carbonyl (C=O) groups excluding carboxylic acids is 1. The topological polar surface area (TPSA) is 108 Å². The van der Waals surface area contributed by atoms with E-state index in [1.807, 2.05) is 18.2 Å². The van der Waals surface area contributed by atoms with E-state index in [1.165, 1.54) is 4.90 Å². The van der Waals surface area contributed by atoms with Crippen molar-refractivity contribution in [1.29, 1.82) is 0 Å². The minimum Gasteiger partial charge on any atom is -0.477 e. The van der Waals surface area contributed by atoms with Crippen LogP contribution in [0, 0.1) is 0 Å². The highest BCUT2D eigenvalue weighted by Crippen LogP contribution is 2.45. The first-order chi connectivity index (χ1) is 13.6. The van der Waals surface area contributed by atoms with Crippen LogP contribution in [0.3, 0.4) is 0 Å². The van der Waals surface area contributed by atoms with Crippen molar-refractivity contribution in [3.63, 3.8) is 0 Å². The fourth-order valence-corrected chi connectivity index (χ4v) is 4.16. The molecule has 0 aliphatic carbocycles. The molecule has 0 spiro atoms. The van der Waals surface area contributed by atoms with Gasteiger partial charge in [-0.1, -0.05) is 6.07 Å². The number of hydrogen-bond donors (Lipinski definition) is 2. The van der Waals surface area contributed by atoms with Gasteiger partial charge in [0.1, 0.15) is 9.71 Å². The summed E-state index contributed by atoms with van der Waals surface area (Å²) in [7, 11) is 0. The highest BCUT2D eigenvalue weighted by atomic mass is 32.1. The average molecular weight is 389 g/mol. The number of carboxylic acid groups (broad SMARTS) is 1. The van der Waals surface area contributed by atoms with Crippen LogP contribution in [-0.4, -0.2) is 32.1 Å². The zero-order valence-corrected chi connectivity index (χ0v) is 15.0. The van der Waals surface area contributed by atoms with Crippen LogP contribution in [0.4, 0.5) is 21.9 Å².